The van der Waals surface area contributed by atoms with Crippen LogP contribution in [0.2, 0.25) is 0 Å². The number of imidazole rings is 1. The molecule has 1 amide bonds. The second kappa shape index (κ2) is 7.77. The Labute approximate surface area is 175 Å². The van der Waals surface area contributed by atoms with Gasteiger partial charge in [-0.15, -0.1) is 0 Å². The lowest BCUT2D eigenvalue weighted by Crippen LogP contribution is -2.40. The Bertz CT molecular complexity index is 1160. The predicted octanol–water partition coefficient (Wildman–Crippen LogP) is 2.02. The summed E-state index contributed by atoms with van der Waals surface area (Å²) >= 11 is 0. The molecule has 0 spiro atoms. The SMILES string of the molecule is Cc1nc2nc(-c3ccc(NC(=O)C4CCN(S(C)(=O)=O)CC4)cc3)cn2nc1C. The Balaban J connectivity index is 1.42. The number of amides is 1. The zero-order chi connectivity index (χ0) is 21.5. The highest BCUT2D eigenvalue weighted by Crippen LogP contribution is 2.23. The minimum absolute atomic E-state index is 0.0806. The lowest BCUT2D eigenvalue weighted by Gasteiger charge is -2.29. The number of rotatable bonds is 4. The maximum Gasteiger partial charge on any atom is 0.251 e. The third-order valence-electron chi connectivity index (χ3n) is 5.46. The van der Waals surface area contributed by atoms with Gasteiger partial charge in [0.15, 0.2) is 0 Å². The molecule has 0 unspecified atom stereocenters. The first-order valence-corrected chi connectivity index (χ1v) is 11.6. The average Bonchev–Trinajstić information content (AvgIpc) is 3.11. The number of anilines is 1. The van der Waals surface area contributed by atoms with Crippen molar-refractivity contribution in [3.05, 3.63) is 41.9 Å². The fraction of sp³-hybridized carbons (Fsp3) is 0.400. The van der Waals surface area contributed by atoms with Crippen LogP contribution in [0, 0.1) is 19.8 Å². The van der Waals surface area contributed by atoms with E-state index in [4.69, 9.17) is 0 Å². The van der Waals surface area contributed by atoms with Gasteiger partial charge in [0.1, 0.15) is 0 Å². The van der Waals surface area contributed by atoms with Gasteiger partial charge >= 0.3 is 0 Å². The number of nitrogens with zero attached hydrogens (tertiary/aromatic N) is 5. The average molecular weight is 429 g/mol. The number of fused-ring (bicyclic) bond motifs is 1. The number of nitrogens with one attached hydrogen (secondary N) is 1. The van der Waals surface area contributed by atoms with Crippen LogP contribution in [-0.4, -0.2) is 57.6 Å². The Morgan fingerprint density at radius 1 is 1.07 bits per heavy atom. The van der Waals surface area contributed by atoms with Crippen LogP contribution < -0.4 is 5.32 Å². The highest BCUT2D eigenvalue weighted by Gasteiger charge is 2.28. The topological polar surface area (TPSA) is 110 Å². The van der Waals surface area contributed by atoms with Crippen molar-refractivity contribution in [3.8, 4) is 11.3 Å². The van der Waals surface area contributed by atoms with Crippen LogP contribution in [0.3, 0.4) is 0 Å². The van der Waals surface area contributed by atoms with Gasteiger partial charge in [-0.25, -0.2) is 27.2 Å². The van der Waals surface area contributed by atoms with Crippen molar-refractivity contribution in [2.75, 3.05) is 24.7 Å². The number of hydrogen-bond donors (Lipinski definition) is 1. The lowest BCUT2D eigenvalue weighted by atomic mass is 9.97. The number of carbonyl (C=O) groups is 1. The number of aryl methyl sites for hydroxylation is 2. The largest absolute Gasteiger partial charge is 0.326 e. The van der Waals surface area contributed by atoms with E-state index in [1.54, 1.807) is 4.52 Å². The molecule has 9 nitrogen and oxygen atoms in total. The predicted molar refractivity (Wildman–Crippen MR) is 113 cm³/mol. The number of sulfonamides is 1. The summed E-state index contributed by atoms with van der Waals surface area (Å²) in [7, 11) is -3.19. The molecular weight excluding hydrogens is 404 g/mol. The first-order chi connectivity index (χ1) is 14.2. The number of benzene rings is 1. The number of aromatic nitrogens is 4. The molecule has 30 heavy (non-hydrogen) atoms. The molecule has 3 aromatic rings. The Kier molecular flexibility index (Phi) is 5.29. The van der Waals surface area contributed by atoms with Crippen LogP contribution in [0.4, 0.5) is 5.69 Å². The Morgan fingerprint density at radius 3 is 2.37 bits per heavy atom. The van der Waals surface area contributed by atoms with Crippen molar-refractivity contribution in [2.45, 2.75) is 26.7 Å². The van der Waals surface area contributed by atoms with E-state index in [2.05, 4.69) is 20.4 Å². The maximum atomic E-state index is 12.5. The summed E-state index contributed by atoms with van der Waals surface area (Å²) in [6.45, 7) is 4.57. The van der Waals surface area contributed by atoms with Gasteiger partial charge in [-0.3, -0.25) is 4.79 Å². The van der Waals surface area contributed by atoms with Gasteiger partial charge < -0.3 is 5.32 Å². The fourth-order valence-corrected chi connectivity index (χ4v) is 4.41. The zero-order valence-electron chi connectivity index (χ0n) is 17.2. The minimum atomic E-state index is -3.19. The molecule has 1 saturated heterocycles. The number of hydrogen-bond acceptors (Lipinski definition) is 6. The molecule has 0 saturated carbocycles. The van der Waals surface area contributed by atoms with Crippen molar-refractivity contribution >= 4 is 27.4 Å². The third kappa shape index (κ3) is 4.19. The molecule has 1 N–H and O–H groups in total. The second-order valence-corrected chi connectivity index (χ2v) is 9.64. The quantitative estimate of drug-likeness (QED) is 0.681. The van der Waals surface area contributed by atoms with E-state index in [0.29, 0.717) is 37.4 Å². The molecule has 1 fully saturated rings. The number of piperidine rings is 1. The van der Waals surface area contributed by atoms with Crippen LogP contribution in [0.5, 0.6) is 0 Å². The van der Waals surface area contributed by atoms with Gasteiger partial charge in [0, 0.05) is 30.3 Å². The third-order valence-corrected chi connectivity index (χ3v) is 6.76. The standard InChI is InChI=1S/C20H24N6O3S/c1-13-14(2)24-26-12-18(23-20(26)21-13)15-4-6-17(7-5-15)22-19(27)16-8-10-25(11-9-16)30(3,28)29/h4-7,12,16H,8-11H2,1-3H3,(H,22,27). The van der Waals surface area contributed by atoms with Gasteiger partial charge in [-0.1, -0.05) is 12.1 Å². The first kappa shape index (κ1) is 20.4. The summed E-state index contributed by atoms with van der Waals surface area (Å²) in [5, 5.41) is 7.37. The van der Waals surface area contributed by atoms with E-state index in [-0.39, 0.29) is 11.8 Å². The maximum absolute atomic E-state index is 12.5. The van der Waals surface area contributed by atoms with Crippen LogP contribution in [0.15, 0.2) is 30.5 Å². The minimum Gasteiger partial charge on any atom is -0.326 e. The van der Waals surface area contributed by atoms with Crippen LogP contribution in [0.1, 0.15) is 24.2 Å². The van der Waals surface area contributed by atoms with E-state index >= 15 is 0 Å². The van der Waals surface area contributed by atoms with Crippen molar-refractivity contribution in [1.82, 2.24) is 23.9 Å². The van der Waals surface area contributed by atoms with E-state index in [9.17, 15) is 13.2 Å². The van der Waals surface area contributed by atoms with E-state index in [1.807, 2.05) is 44.3 Å². The summed E-state index contributed by atoms with van der Waals surface area (Å²) in [6.07, 6.45) is 4.08. The highest BCUT2D eigenvalue weighted by atomic mass is 32.2. The molecule has 1 aromatic carbocycles. The molecule has 4 rings (SSSR count). The molecule has 1 aliphatic rings. The van der Waals surface area contributed by atoms with Crippen molar-refractivity contribution in [1.29, 1.82) is 0 Å². The molecule has 3 heterocycles. The van der Waals surface area contributed by atoms with Crippen molar-refractivity contribution in [3.63, 3.8) is 0 Å². The summed E-state index contributed by atoms with van der Waals surface area (Å²) in [6, 6.07) is 7.45. The molecule has 1 aliphatic heterocycles. The molecule has 2 aromatic heterocycles. The van der Waals surface area contributed by atoms with E-state index in [1.165, 1.54) is 10.6 Å². The fourth-order valence-electron chi connectivity index (χ4n) is 3.53. The van der Waals surface area contributed by atoms with Crippen LogP contribution in [-0.2, 0) is 14.8 Å². The van der Waals surface area contributed by atoms with Crippen LogP contribution in [0.25, 0.3) is 17.0 Å². The Hall–Kier alpha value is -2.85. The van der Waals surface area contributed by atoms with E-state index in [0.717, 1.165) is 22.6 Å². The Morgan fingerprint density at radius 2 is 1.73 bits per heavy atom. The van der Waals surface area contributed by atoms with Gasteiger partial charge in [0.25, 0.3) is 5.78 Å². The van der Waals surface area contributed by atoms with E-state index < -0.39 is 10.0 Å². The molecular formula is C20H24N6O3S. The molecule has 0 bridgehead atoms. The summed E-state index contributed by atoms with van der Waals surface area (Å²) in [5.41, 5.74) is 4.05. The molecule has 0 atom stereocenters. The van der Waals surface area contributed by atoms with Gasteiger partial charge in [-0.2, -0.15) is 5.10 Å². The molecule has 10 heteroatoms. The highest BCUT2D eigenvalue weighted by molar-refractivity contribution is 7.88. The zero-order valence-corrected chi connectivity index (χ0v) is 18.0. The smallest absolute Gasteiger partial charge is 0.251 e. The second-order valence-electron chi connectivity index (χ2n) is 7.66. The number of carbonyl (C=O) groups excluding carboxylic acids is 1. The molecule has 0 aliphatic carbocycles. The normalized spacial score (nSPS) is 16.1. The molecule has 0 radical (unpaired) electrons. The van der Waals surface area contributed by atoms with Gasteiger partial charge in [0.05, 0.1) is 29.5 Å². The first-order valence-electron chi connectivity index (χ1n) is 9.78. The summed E-state index contributed by atoms with van der Waals surface area (Å²) in [5.74, 6) is 0.277. The van der Waals surface area contributed by atoms with Crippen LogP contribution >= 0.6 is 0 Å². The van der Waals surface area contributed by atoms with Gasteiger partial charge in [-0.05, 0) is 38.8 Å². The summed E-state index contributed by atoms with van der Waals surface area (Å²) in [4.78, 5) is 21.5. The lowest BCUT2D eigenvalue weighted by molar-refractivity contribution is -0.120. The van der Waals surface area contributed by atoms with Gasteiger partial charge in [0.2, 0.25) is 15.9 Å². The van der Waals surface area contributed by atoms with Crippen molar-refractivity contribution < 1.29 is 13.2 Å². The van der Waals surface area contributed by atoms with Crippen molar-refractivity contribution in [2.24, 2.45) is 5.92 Å². The monoisotopic (exact) mass is 428 g/mol. The molecule has 158 valence electrons. The summed E-state index contributed by atoms with van der Waals surface area (Å²) < 4.78 is 26.3.